The van der Waals surface area contributed by atoms with E-state index in [0.29, 0.717) is 4.90 Å². The fourth-order valence-corrected chi connectivity index (χ4v) is 1.97. The Labute approximate surface area is 123 Å². The zero-order valence-corrected chi connectivity index (χ0v) is 11.2. The molecular weight excluding hydrogens is 303 g/mol. The first-order chi connectivity index (χ1) is 10.3. The molecule has 2 rings (SSSR count). The Balaban J connectivity index is 2.09. The van der Waals surface area contributed by atoms with E-state index in [0.717, 1.165) is 0 Å². The van der Waals surface area contributed by atoms with Gasteiger partial charge in [0.25, 0.3) is 5.91 Å². The highest BCUT2D eigenvalue weighted by Crippen LogP contribution is 2.32. The second-order valence-corrected chi connectivity index (χ2v) is 4.59. The van der Waals surface area contributed by atoms with Crippen LogP contribution < -0.4 is 10.6 Å². The van der Waals surface area contributed by atoms with E-state index in [1.54, 1.807) is 11.4 Å². The minimum atomic E-state index is -4.70. The third-order valence-corrected chi connectivity index (χ3v) is 3.00. The van der Waals surface area contributed by atoms with Crippen molar-refractivity contribution in [3.8, 4) is 0 Å². The second-order valence-electron chi connectivity index (χ2n) is 4.59. The number of hydrogen-bond donors (Lipinski definition) is 2. The van der Waals surface area contributed by atoms with Gasteiger partial charge >= 0.3 is 12.2 Å². The lowest BCUT2D eigenvalue weighted by atomic mass is 10.1. The molecule has 1 aromatic carbocycles. The quantitative estimate of drug-likeness (QED) is 0.812. The van der Waals surface area contributed by atoms with E-state index in [1.165, 1.54) is 24.3 Å². The van der Waals surface area contributed by atoms with E-state index in [1.807, 2.05) is 0 Å². The first-order valence-corrected chi connectivity index (χ1v) is 6.28. The Bertz CT molecular complexity index is 573. The van der Waals surface area contributed by atoms with Crippen LogP contribution in [0.2, 0.25) is 0 Å². The first kappa shape index (κ1) is 15.8. The molecule has 0 spiro atoms. The summed E-state index contributed by atoms with van der Waals surface area (Å²) in [6.07, 6.45) is -4.70. The van der Waals surface area contributed by atoms with Gasteiger partial charge in [-0.3, -0.25) is 14.5 Å². The van der Waals surface area contributed by atoms with Gasteiger partial charge in [-0.05, 0) is 5.56 Å². The Morgan fingerprint density at radius 2 is 1.91 bits per heavy atom. The number of benzene rings is 1. The average molecular weight is 315 g/mol. The van der Waals surface area contributed by atoms with Gasteiger partial charge in [0.2, 0.25) is 5.91 Å². The summed E-state index contributed by atoms with van der Waals surface area (Å²) in [5.74, 6) is -1.74. The van der Waals surface area contributed by atoms with Crippen molar-refractivity contribution in [2.24, 2.45) is 0 Å². The zero-order chi connectivity index (χ0) is 16.3. The van der Waals surface area contributed by atoms with Crippen LogP contribution in [0.5, 0.6) is 0 Å². The molecule has 4 amide bonds. The summed E-state index contributed by atoms with van der Waals surface area (Å²) in [6.45, 7) is -1.03. The van der Waals surface area contributed by atoms with E-state index in [4.69, 9.17) is 0 Å². The molecule has 0 aromatic heterocycles. The van der Waals surface area contributed by atoms with Crippen molar-refractivity contribution in [2.45, 2.75) is 12.2 Å². The smallest absolute Gasteiger partial charge is 0.339 e. The normalized spacial score (nSPS) is 16.4. The van der Waals surface area contributed by atoms with Crippen molar-refractivity contribution in [3.05, 3.63) is 35.9 Å². The van der Waals surface area contributed by atoms with E-state index in [-0.39, 0.29) is 12.1 Å². The van der Waals surface area contributed by atoms with Gasteiger partial charge in [0.15, 0.2) is 6.04 Å². The topological polar surface area (TPSA) is 78.5 Å². The van der Waals surface area contributed by atoms with Crippen LogP contribution in [0.1, 0.15) is 11.6 Å². The number of imide groups is 1. The molecule has 1 atom stereocenters. The van der Waals surface area contributed by atoms with Crippen molar-refractivity contribution >= 4 is 17.8 Å². The predicted molar refractivity (Wildman–Crippen MR) is 68.5 cm³/mol. The average Bonchev–Trinajstić information content (AvgIpc) is 2.76. The molecule has 0 radical (unpaired) electrons. The summed E-state index contributed by atoms with van der Waals surface area (Å²) in [7, 11) is 0. The maximum atomic E-state index is 13.1. The Morgan fingerprint density at radius 3 is 2.41 bits per heavy atom. The van der Waals surface area contributed by atoms with Crippen molar-refractivity contribution in [3.63, 3.8) is 0 Å². The molecule has 1 saturated heterocycles. The molecule has 0 aliphatic carbocycles. The predicted octanol–water partition coefficient (Wildman–Crippen LogP) is 0.958. The number of halogens is 3. The molecule has 9 heteroatoms. The number of nitrogens with one attached hydrogen (secondary N) is 2. The van der Waals surface area contributed by atoms with Gasteiger partial charge in [0, 0.05) is 0 Å². The molecule has 1 aliphatic rings. The van der Waals surface area contributed by atoms with Crippen LogP contribution in [0.4, 0.5) is 18.0 Å². The zero-order valence-electron chi connectivity index (χ0n) is 11.2. The highest BCUT2D eigenvalue weighted by Gasteiger charge is 2.42. The van der Waals surface area contributed by atoms with E-state index in [2.05, 4.69) is 5.32 Å². The van der Waals surface area contributed by atoms with Crippen LogP contribution in [-0.2, 0) is 9.59 Å². The molecule has 1 aliphatic heterocycles. The SMILES string of the molecule is O=C(CN1C(=O)CNC1=O)N[C@H](c1ccccc1)C(F)(F)F. The summed E-state index contributed by atoms with van der Waals surface area (Å²) in [6, 6.07) is 3.82. The van der Waals surface area contributed by atoms with Gasteiger partial charge in [0.05, 0.1) is 6.54 Å². The van der Waals surface area contributed by atoms with Crippen LogP contribution in [-0.4, -0.2) is 42.0 Å². The minimum absolute atomic E-state index is 0.138. The molecule has 2 N–H and O–H groups in total. The largest absolute Gasteiger partial charge is 0.412 e. The minimum Gasteiger partial charge on any atom is -0.339 e. The van der Waals surface area contributed by atoms with Gasteiger partial charge in [-0.15, -0.1) is 0 Å². The van der Waals surface area contributed by atoms with Gasteiger partial charge in [0.1, 0.15) is 6.54 Å². The van der Waals surface area contributed by atoms with Gasteiger partial charge < -0.3 is 10.6 Å². The molecule has 22 heavy (non-hydrogen) atoms. The molecule has 1 fully saturated rings. The standard InChI is InChI=1S/C13H12F3N3O3/c14-13(15,16)11(8-4-2-1-3-5-8)18-9(20)7-19-10(21)6-17-12(19)22/h1-5,11H,6-7H2,(H,17,22)(H,18,20)/t11-/m1/s1. The fourth-order valence-electron chi connectivity index (χ4n) is 1.97. The number of amides is 4. The summed E-state index contributed by atoms with van der Waals surface area (Å²) in [4.78, 5) is 34.9. The Morgan fingerprint density at radius 1 is 1.27 bits per heavy atom. The van der Waals surface area contributed by atoms with Crippen molar-refractivity contribution < 1.29 is 27.6 Å². The number of hydrogen-bond acceptors (Lipinski definition) is 3. The van der Waals surface area contributed by atoms with Crippen molar-refractivity contribution in [1.29, 1.82) is 0 Å². The number of nitrogens with zero attached hydrogens (tertiary/aromatic N) is 1. The molecular formula is C13H12F3N3O3. The van der Waals surface area contributed by atoms with Crippen LogP contribution in [0.15, 0.2) is 30.3 Å². The molecule has 0 saturated carbocycles. The van der Waals surface area contributed by atoms with Gasteiger partial charge in [-0.1, -0.05) is 30.3 Å². The number of urea groups is 1. The molecule has 1 aromatic rings. The lowest BCUT2D eigenvalue weighted by molar-refractivity contribution is -0.163. The third-order valence-electron chi connectivity index (χ3n) is 3.00. The lowest BCUT2D eigenvalue weighted by Crippen LogP contribution is -2.45. The lowest BCUT2D eigenvalue weighted by Gasteiger charge is -2.23. The molecule has 1 heterocycles. The van der Waals surface area contributed by atoms with E-state index >= 15 is 0 Å². The monoisotopic (exact) mass is 315 g/mol. The first-order valence-electron chi connectivity index (χ1n) is 6.28. The van der Waals surface area contributed by atoms with Crippen molar-refractivity contribution in [1.82, 2.24) is 15.5 Å². The fraction of sp³-hybridized carbons (Fsp3) is 0.308. The highest BCUT2D eigenvalue weighted by atomic mass is 19.4. The number of alkyl halides is 3. The van der Waals surface area contributed by atoms with Crippen LogP contribution in [0, 0.1) is 0 Å². The summed E-state index contributed by atoms with van der Waals surface area (Å²) in [5, 5.41) is 3.98. The molecule has 6 nitrogen and oxygen atoms in total. The second kappa shape index (κ2) is 6.04. The summed E-state index contributed by atoms with van der Waals surface area (Å²) in [5.41, 5.74) is -0.138. The molecule has 118 valence electrons. The number of carbonyl (C=O) groups excluding carboxylic acids is 3. The number of rotatable bonds is 4. The van der Waals surface area contributed by atoms with Gasteiger partial charge in [-0.2, -0.15) is 13.2 Å². The summed E-state index contributed by atoms with van der Waals surface area (Å²) >= 11 is 0. The van der Waals surface area contributed by atoms with Crippen LogP contribution in [0.25, 0.3) is 0 Å². The molecule has 0 unspecified atom stereocenters. The number of carbonyl (C=O) groups is 3. The summed E-state index contributed by atoms with van der Waals surface area (Å²) < 4.78 is 39.2. The van der Waals surface area contributed by atoms with Crippen LogP contribution in [0.3, 0.4) is 0 Å². The van der Waals surface area contributed by atoms with Crippen molar-refractivity contribution in [2.75, 3.05) is 13.1 Å². The maximum Gasteiger partial charge on any atom is 0.412 e. The molecule has 0 bridgehead atoms. The van der Waals surface area contributed by atoms with E-state index in [9.17, 15) is 27.6 Å². The van der Waals surface area contributed by atoms with E-state index < -0.39 is 36.6 Å². The third kappa shape index (κ3) is 3.54. The van der Waals surface area contributed by atoms with Crippen LogP contribution >= 0.6 is 0 Å². The maximum absolute atomic E-state index is 13.1. The highest BCUT2D eigenvalue weighted by molar-refractivity contribution is 6.04. The Kier molecular flexibility index (Phi) is 4.34. The Hall–Kier alpha value is -2.58. The van der Waals surface area contributed by atoms with Gasteiger partial charge in [-0.25, -0.2) is 4.79 Å².